The van der Waals surface area contributed by atoms with E-state index in [9.17, 15) is 4.79 Å². The third kappa shape index (κ3) is 5.26. The Morgan fingerprint density at radius 3 is 2.75 bits per heavy atom. The van der Waals surface area contributed by atoms with Crippen molar-refractivity contribution in [3.8, 4) is 0 Å². The first-order valence-electron chi connectivity index (χ1n) is 7.61. The van der Waals surface area contributed by atoms with Crippen molar-refractivity contribution in [3.05, 3.63) is 35.9 Å². The first-order valence-corrected chi connectivity index (χ1v) is 9.00. The molecule has 7 heteroatoms. The molecule has 1 aromatic heterocycles. The van der Waals surface area contributed by atoms with E-state index >= 15 is 0 Å². The van der Waals surface area contributed by atoms with Gasteiger partial charge in [-0.1, -0.05) is 18.2 Å². The second-order valence-electron chi connectivity index (χ2n) is 5.66. The summed E-state index contributed by atoms with van der Waals surface area (Å²) < 4.78 is 0. The lowest BCUT2D eigenvalue weighted by Crippen LogP contribution is -2.40. The van der Waals surface area contributed by atoms with Crippen LogP contribution >= 0.6 is 24.2 Å². The number of carbonyl (C=O) groups is 1. The number of fused-ring (bicyclic) bond motifs is 1. The molecule has 5 nitrogen and oxygen atoms in total. The number of thioether (sulfide) groups is 1. The molecule has 0 radical (unpaired) electrons. The number of nitrogens with two attached hydrogens (primary N) is 1. The average Bonchev–Trinajstić information content (AvgIpc) is 2.56. The van der Waals surface area contributed by atoms with E-state index in [0.717, 1.165) is 28.0 Å². The highest BCUT2D eigenvalue weighted by molar-refractivity contribution is 7.98. The number of anilines is 1. The van der Waals surface area contributed by atoms with E-state index in [0.29, 0.717) is 13.0 Å². The van der Waals surface area contributed by atoms with E-state index in [4.69, 9.17) is 5.73 Å². The Morgan fingerprint density at radius 2 is 2.08 bits per heavy atom. The molecule has 0 aliphatic carbocycles. The van der Waals surface area contributed by atoms with Crippen molar-refractivity contribution in [1.29, 1.82) is 0 Å². The van der Waals surface area contributed by atoms with Crippen molar-refractivity contribution >= 4 is 46.8 Å². The van der Waals surface area contributed by atoms with Gasteiger partial charge in [0.1, 0.15) is 5.82 Å². The molecule has 1 atom stereocenters. The minimum absolute atomic E-state index is 0. The van der Waals surface area contributed by atoms with Crippen molar-refractivity contribution in [3.63, 3.8) is 0 Å². The van der Waals surface area contributed by atoms with Gasteiger partial charge in [-0.15, -0.1) is 12.4 Å². The monoisotopic (exact) mass is 368 g/mol. The summed E-state index contributed by atoms with van der Waals surface area (Å²) in [5.74, 6) is 1.66. The number of halogens is 1. The number of rotatable bonds is 7. The van der Waals surface area contributed by atoms with Crippen LogP contribution in [0.4, 0.5) is 5.82 Å². The number of pyridine rings is 1. The predicted octanol–water partition coefficient (Wildman–Crippen LogP) is 2.42. The maximum absolute atomic E-state index is 12.1. The normalized spacial score (nSPS) is 11.7. The average molecular weight is 369 g/mol. The Kier molecular flexibility index (Phi) is 8.31. The number of nitrogens with zero attached hydrogens (tertiary/aromatic N) is 2. The second-order valence-corrected chi connectivity index (χ2v) is 6.64. The molecule has 1 amide bonds. The van der Waals surface area contributed by atoms with Gasteiger partial charge in [-0.2, -0.15) is 11.8 Å². The highest BCUT2D eigenvalue weighted by Gasteiger charge is 2.14. The fraction of sp³-hybridized carbons (Fsp3) is 0.412. The molecule has 0 saturated carbocycles. The molecular formula is C17H25ClN4OS. The summed E-state index contributed by atoms with van der Waals surface area (Å²) in [5, 5.41) is 4.00. The van der Waals surface area contributed by atoms with Crippen LogP contribution in [-0.2, 0) is 11.3 Å². The van der Waals surface area contributed by atoms with Gasteiger partial charge >= 0.3 is 0 Å². The van der Waals surface area contributed by atoms with Crippen LogP contribution in [-0.4, -0.2) is 43.0 Å². The Bertz CT molecular complexity index is 681. The lowest BCUT2D eigenvalue weighted by Gasteiger charge is -2.16. The Balaban J connectivity index is 0.00000288. The maximum atomic E-state index is 12.1. The molecule has 2 rings (SSSR count). The molecule has 0 aliphatic heterocycles. The zero-order chi connectivity index (χ0) is 16.8. The van der Waals surface area contributed by atoms with Crippen LogP contribution in [0.15, 0.2) is 30.3 Å². The van der Waals surface area contributed by atoms with Crippen LogP contribution in [0.2, 0.25) is 0 Å². The van der Waals surface area contributed by atoms with E-state index in [1.807, 2.05) is 55.6 Å². The summed E-state index contributed by atoms with van der Waals surface area (Å²) in [4.78, 5) is 18.7. The molecule has 0 bridgehead atoms. The quantitative estimate of drug-likeness (QED) is 0.785. The fourth-order valence-electron chi connectivity index (χ4n) is 2.30. The molecule has 1 aromatic carbocycles. The minimum atomic E-state index is -0.455. The lowest BCUT2D eigenvalue weighted by molar-refractivity contribution is -0.122. The zero-order valence-electron chi connectivity index (χ0n) is 14.3. The highest BCUT2D eigenvalue weighted by Crippen LogP contribution is 2.22. The molecule has 0 aliphatic rings. The van der Waals surface area contributed by atoms with E-state index in [-0.39, 0.29) is 18.3 Å². The van der Waals surface area contributed by atoms with Gasteiger partial charge in [-0.05, 0) is 36.1 Å². The summed E-state index contributed by atoms with van der Waals surface area (Å²) in [5.41, 5.74) is 7.88. The Labute approximate surface area is 153 Å². The molecule has 0 saturated heterocycles. The molecule has 3 N–H and O–H groups in total. The number of hydrogen-bond acceptors (Lipinski definition) is 5. The molecular weight excluding hydrogens is 344 g/mol. The van der Waals surface area contributed by atoms with Gasteiger partial charge in [-0.25, -0.2) is 4.98 Å². The van der Waals surface area contributed by atoms with Crippen LogP contribution < -0.4 is 16.0 Å². The first kappa shape index (κ1) is 20.5. The number of carbonyl (C=O) groups excluding carboxylic acids is 1. The van der Waals surface area contributed by atoms with Gasteiger partial charge in [0, 0.05) is 26.0 Å². The van der Waals surface area contributed by atoms with Gasteiger partial charge in [0.25, 0.3) is 0 Å². The van der Waals surface area contributed by atoms with Crippen LogP contribution in [0, 0.1) is 0 Å². The molecule has 2 aromatic rings. The SMILES string of the molecule is CSCC[C@H](N)C(=O)NCc1cc(N(C)C)nc2ccccc12.Cl. The largest absolute Gasteiger partial charge is 0.363 e. The van der Waals surface area contributed by atoms with Gasteiger partial charge in [0.2, 0.25) is 5.91 Å². The number of aromatic nitrogens is 1. The lowest BCUT2D eigenvalue weighted by atomic mass is 10.1. The van der Waals surface area contributed by atoms with Crippen molar-refractivity contribution in [2.24, 2.45) is 5.73 Å². The molecule has 0 fully saturated rings. The number of para-hydroxylation sites is 1. The summed E-state index contributed by atoms with van der Waals surface area (Å²) >= 11 is 1.70. The van der Waals surface area contributed by atoms with Crippen molar-refractivity contribution in [2.75, 3.05) is 31.0 Å². The predicted molar refractivity (Wildman–Crippen MR) is 106 cm³/mol. The summed E-state index contributed by atoms with van der Waals surface area (Å²) in [6.07, 6.45) is 2.70. The molecule has 132 valence electrons. The van der Waals surface area contributed by atoms with Crippen LogP contribution in [0.1, 0.15) is 12.0 Å². The first-order chi connectivity index (χ1) is 11.0. The highest BCUT2D eigenvalue weighted by atomic mass is 35.5. The molecule has 0 unspecified atom stereocenters. The third-order valence-electron chi connectivity index (χ3n) is 3.67. The maximum Gasteiger partial charge on any atom is 0.237 e. The topological polar surface area (TPSA) is 71.2 Å². The standard InChI is InChI=1S/C17H24N4OS.ClH/c1-21(2)16-10-12(13-6-4-5-7-15(13)20-16)11-19-17(22)14(18)8-9-23-3;/h4-7,10,14H,8-9,11,18H2,1-3H3,(H,19,22);1H/t14-;/m0./s1. The van der Waals surface area contributed by atoms with Gasteiger partial charge in [0.15, 0.2) is 0 Å². The van der Waals surface area contributed by atoms with E-state index in [1.54, 1.807) is 11.8 Å². The van der Waals surface area contributed by atoms with Crippen LogP contribution in [0.3, 0.4) is 0 Å². The van der Waals surface area contributed by atoms with Crippen LogP contribution in [0.25, 0.3) is 10.9 Å². The molecule has 0 spiro atoms. The van der Waals surface area contributed by atoms with Crippen molar-refractivity contribution < 1.29 is 4.79 Å². The molecule has 1 heterocycles. The Hall–Kier alpha value is -1.50. The van der Waals surface area contributed by atoms with E-state index in [2.05, 4.69) is 10.3 Å². The number of nitrogens with one attached hydrogen (secondary N) is 1. The summed E-state index contributed by atoms with van der Waals surface area (Å²) in [7, 11) is 3.91. The number of benzene rings is 1. The van der Waals surface area contributed by atoms with E-state index in [1.165, 1.54) is 0 Å². The van der Waals surface area contributed by atoms with Crippen LogP contribution in [0.5, 0.6) is 0 Å². The number of amides is 1. The van der Waals surface area contributed by atoms with Gasteiger partial charge < -0.3 is 16.0 Å². The Morgan fingerprint density at radius 1 is 1.38 bits per heavy atom. The van der Waals surface area contributed by atoms with Gasteiger partial charge in [0.05, 0.1) is 11.6 Å². The zero-order valence-corrected chi connectivity index (χ0v) is 15.9. The number of hydrogen-bond donors (Lipinski definition) is 2. The third-order valence-corrected chi connectivity index (χ3v) is 4.31. The summed E-state index contributed by atoms with van der Waals surface area (Å²) in [6, 6.07) is 9.51. The molecule has 24 heavy (non-hydrogen) atoms. The van der Waals surface area contributed by atoms with Crippen molar-refractivity contribution in [2.45, 2.75) is 19.0 Å². The van der Waals surface area contributed by atoms with Gasteiger partial charge in [-0.3, -0.25) is 4.79 Å². The van der Waals surface area contributed by atoms with Crippen molar-refractivity contribution in [1.82, 2.24) is 10.3 Å². The second kappa shape index (κ2) is 9.71. The smallest absolute Gasteiger partial charge is 0.237 e. The summed E-state index contributed by atoms with van der Waals surface area (Å²) in [6.45, 7) is 0.454. The van der Waals surface area contributed by atoms with E-state index < -0.39 is 6.04 Å². The minimum Gasteiger partial charge on any atom is -0.363 e. The fourth-order valence-corrected chi connectivity index (χ4v) is 2.79.